The predicted octanol–water partition coefficient (Wildman–Crippen LogP) is 3.67. The van der Waals surface area contributed by atoms with Gasteiger partial charge in [0.15, 0.2) is 5.65 Å². The summed E-state index contributed by atoms with van der Waals surface area (Å²) >= 11 is 3.51. The number of hydrogen-bond acceptors (Lipinski definition) is 5. The van der Waals surface area contributed by atoms with Crippen molar-refractivity contribution in [3.05, 3.63) is 10.8 Å². The van der Waals surface area contributed by atoms with Crippen LogP contribution in [-0.4, -0.2) is 37.0 Å². The summed E-state index contributed by atoms with van der Waals surface area (Å²) in [5.41, 5.74) is 0.861. The summed E-state index contributed by atoms with van der Waals surface area (Å²) in [7, 11) is 0. The van der Waals surface area contributed by atoms with Gasteiger partial charge in [0, 0.05) is 12.2 Å². The van der Waals surface area contributed by atoms with Crippen molar-refractivity contribution in [2.75, 3.05) is 5.32 Å². The van der Waals surface area contributed by atoms with Gasteiger partial charge in [-0.25, -0.2) is 9.67 Å². The molecular weight excluding hydrogens is 358 g/mol. The van der Waals surface area contributed by atoms with Crippen LogP contribution in [0.1, 0.15) is 58.4 Å². The van der Waals surface area contributed by atoms with E-state index < -0.39 is 0 Å². The average molecular weight is 382 g/mol. The van der Waals surface area contributed by atoms with Crippen LogP contribution in [0.4, 0.5) is 5.95 Å². The van der Waals surface area contributed by atoms with Gasteiger partial charge in [-0.2, -0.15) is 10.1 Å². The third-order valence-electron chi connectivity index (χ3n) is 4.51. The highest BCUT2D eigenvalue weighted by molar-refractivity contribution is 9.10. The zero-order valence-electron chi connectivity index (χ0n) is 13.7. The first kappa shape index (κ1) is 16.6. The van der Waals surface area contributed by atoms with E-state index in [2.05, 4.69) is 45.2 Å². The van der Waals surface area contributed by atoms with Gasteiger partial charge < -0.3 is 10.4 Å². The fourth-order valence-corrected chi connectivity index (χ4v) is 3.69. The van der Waals surface area contributed by atoms with Crippen molar-refractivity contribution in [1.29, 1.82) is 0 Å². The molecule has 1 aliphatic rings. The number of nitrogens with zero attached hydrogens (tertiary/aromatic N) is 4. The van der Waals surface area contributed by atoms with E-state index in [1.54, 1.807) is 0 Å². The smallest absolute Gasteiger partial charge is 0.224 e. The Labute approximate surface area is 144 Å². The number of aliphatic hydroxyl groups is 1. The monoisotopic (exact) mass is 381 g/mol. The summed E-state index contributed by atoms with van der Waals surface area (Å²) in [6, 6.07) is 0.644. The molecule has 0 radical (unpaired) electrons. The molecule has 0 bridgehead atoms. The summed E-state index contributed by atoms with van der Waals surface area (Å²) in [4.78, 5) is 9.11. The van der Waals surface area contributed by atoms with Gasteiger partial charge >= 0.3 is 0 Å². The molecule has 7 heteroatoms. The molecule has 23 heavy (non-hydrogen) atoms. The highest BCUT2D eigenvalue weighted by atomic mass is 79.9. The fourth-order valence-electron chi connectivity index (χ4n) is 3.24. The molecule has 2 aromatic heterocycles. The Hall–Kier alpha value is -1.21. The molecule has 0 amide bonds. The average Bonchev–Trinajstić information content (AvgIpc) is 2.85. The van der Waals surface area contributed by atoms with Crippen LogP contribution in [-0.2, 0) is 0 Å². The van der Waals surface area contributed by atoms with E-state index >= 15 is 0 Å². The van der Waals surface area contributed by atoms with Crippen molar-refractivity contribution < 1.29 is 5.11 Å². The third kappa shape index (κ3) is 3.66. The summed E-state index contributed by atoms with van der Waals surface area (Å²) in [6.45, 7) is 4.32. The topological polar surface area (TPSA) is 75.9 Å². The highest BCUT2D eigenvalue weighted by Gasteiger charge is 2.24. The van der Waals surface area contributed by atoms with Crippen molar-refractivity contribution in [2.45, 2.75) is 70.6 Å². The van der Waals surface area contributed by atoms with E-state index in [9.17, 15) is 5.11 Å². The van der Waals surface area contributed by atoms with Crippen molar-refractivity contribution in [3.8, 4) is 0 Å². The van der Waals surface area contributed by atoms with Crippen LogP contribution in [0.3, 0.4) is 0 Å². The van der Waals surface area contributed by atoms with E-state index in [0.717, 1.165) is 54.2 Å². The van der Waals surface area contributed by atoms with Crippen molar-refractivity contribution in [1.82, 2.24) is 19.7 Å². The predicted molar refractivity (Wildman–Crippen MR) is 94.5 cm³/mol. The molecule has 126 valence electrons. The largest absolute Gasteiger partial charge is 0.393 e. The Morgan fingerprint density at radius 2 is 2.13 bits per heavy atom. The van der Waals surface area contributed by atoms with E-state index in [0.29, 0.717) is 18.0 Å². The van der Waals surface area contributed by atoms with E-state index in [4.69, 9.17) is 4.98 Å². The molecule has 0 saturated heterocycles. The Balaban J connectivity index is 1.89. The zero-order chi connectivity index (χ0) is 16.4. The maximum atomic E-state index is 9.71. The maximum Gasteiger partial charge on any atom is 0.224 e. The van der Waals surface area contributed by atoms with Crippen LogP contribution in [0.5, 0.6) is 0 Å². The molecule has 0 spiro atoms. The summed E-state index contributed by atoms with van der Waals surface area (Å²) < 4.78 is 2.79. The molecule has 0 aromatic carbocycles. The van der Waals surface area contributed by atoms with Crippen LogP contribution < -0.4 is 5.32 Å². The van der Waals surface area contributed by atoms with Gasteiger partial charge in [0.2, 0.25) is 5.95 Å². The lowest BCUT2D eigenvalue weighted by atomic mass is 9.93. The normalized spacial score (nSPS) is 23.1. The second kappa shape index (κ2) is 7.13. The Morgan fingerprint density at radius 3 is 2.83 bits per heavy atom. The van der Waals surface area contributed by atoms with E-state index in [1.807, 2.05) is 10.9 Å². The van der Waals surface area contributed by atoms with Gasteiger partial charge in [-0.15, -0.1) is 0 Å². The minimum Gasteiger partial charge on any atom is -0.393 e. The standard InChI is InChI=1S/C16H24BrN5O/c1-3-4-10(2)19-16-18-9-13-14(17)21-22(15(13)20-16)11-5-7-12(23)8-6-11/h9-12,23H,3-8H2,1-2H3,(H,18,19,20)/t10-,11?,12?/m0/s1. The van der Waals surface area contributed by atoms with Crippen molar-refractivity contribution in [2.24, 2.45) is 0 Å². The molecule has 2 aromatic rings. The molecular formula is C16H24BrN5O. The second-order valence-electron chi connectivity index (χ2n) is 6.46. The summed E-state index contributed by atoms with van der Waals surface area (Å²) in [6.07, 6.45) is 7.40. The van der Waals surface area contributed by atoms with Gasteiger partial charge in [-0.3, -0.25) is 0 Å². The summed E-state index contributed by atoms with van der Waals surface area (Å²) in [5, 5.41) is 18.6. The van der Waals surface area contributed by atoms with Gasteiger partial charge in [0.05, 0.1) is 17.5 Å². The van der Waals surface area contributed by atoms with Crippen LogP contribution >= 0.6 is 15.9 Å². The lowest BCUT2D eigenvalue weighted by Crippen LogP contribution is -2.22. The first-order valence-electron chi connectivity index (χ1n) is 8.43. The van der Waals surface area contributed by atoms with Gasteiger partial charge in [0.1, 0.15) is 4.60 Å². The Bertz CT molecular complexity index is 666. The number of aromatic nitrogens is 4. The Kier molecular flexibility index (Phi) is 5.16. The quantitative estimate of drug-likeness (QED) is 0.825. The van der Waals surface area contributed by atoms with Gasteiger partial charge in [-0.1, -0.05) is 13.3 Å². The van der Waals surface area contributed by atoms with E-state index in [1.165, 1.54) is 0 Å². The number of halogens is 1. The molecule has 1 fully saturated rings. The minimum atomic E-state index is -0.168. The fraction of sp³-hybridized carbons (Fsp3) is 0.688. The first-order valence-corrected chi connectivity index (χ1v) is 9.23. The number of hydrogen-bond donors (Lipinski definition) is 2. The van der Waals surface area contributed by atoms with Crippen molar-refractivity contribution in [3.63, 3.8) is 0 Å². The summed E-state index contributed by atoms with van der Waals surface area (Å²) in [5.74, 6) is 0.656. The van der Waals surface area contributed by atoms with Crippen LogP contribution in [0.25, 0.3) is 11.0 Å². The molecule has 3 rings (SSSR count). The lowest BCUT2D eigenvalue weighted by molar-refractivity contribution is 0.109. The molecule has 2 heterocycles. The number of fused-ring (bicyclic) bond motifs is 1. The van der Waals surface area contributed by atoms with Gasteiger partial charge in [-0.05, 0) is 55.0 Å². The molecule has 0 unspecified atom stereocenters. The lowest BCUT2D eigenvalue weighted by Gasteiger charge is -2.25. The van der Waals surface area contributed by atoms with Crippen LogP contribution in [0.15, 0.2) is 10.8 Å². The minimum absolute atomic E-state index is 0.168. The number of nitrogens with one attached hydrogen (secondary N) is 1. The van der Waals surface area contributed by atoms with Crippen LogP contribution in [0, 0.1) is 0 Å². The number of aliphatic hydroxyl groups excluding tert-OH is 1. The SMILES string of the molecule is CCC[C@H](C)Nc1ncc2c(Br)nn(C3CCC(O)CC3)c2n1. The van der Waals surface area contributed by atoms with Gasteiger partial charge in [0.25, 0.3) is 0 Å². The third-order valence-corrected chi connectivity index (χ3v) is 5.10. The highest BCUT2D eigenvalue weighted by Crippen LogP contribution is 2.32. The molecule has 1 atom stereocenters. The zero-order valence-corrected chi connectivity index (χ0v) is 15.3. The Morgan fingerprint density at radius 1 is 1.39 bits per heavy atom. The molecule has 0 aliphatic heterocycles. The molecule has 2 N–H and O–H groups in total. The first-order chi connectivity index (χ1) is 11.1. The van der Waals surface area contributed by atoms with Crippen LogP contribution in [0.2, 0.25) is 0 Å². The molecule has 1 aliphatic carbocycles. The second-order valence-corrected chi connectivity index (χ2v) is 7.21. The number of anilines is 1. The molecule has 6 nitrogen and oxygen atoms in total. The number of rotatable bonds is 5. The van der Waals surface area contributed by atoms with Crippen molar-refractivity contribution >= 4 is 32.9 Å². The maximum absolute atomic E-state index is 9.71. The van der Waals surface area contributed by atoms with E-state index in [-0.39, 0.29) is 6.10 Å². The molecule has 1 saturated carbocycles.